The summed E-state index contributed by atoms with van der Waals surface area (Å²) in [6.07, 6.45) is 0.532. The van der Waals surface area contributed by atoms with Gasteiger partial charge in [0.1, 0.15) is 17.4 Å². The van der Waals surface area contributed by atoms with E-state index in [4.69, 9.17) is 9.47 Å². The minimum Gasteiger partial charge on any atom is -0.495 e. The molecule has 1 aliphatic heterocycles. The van der Waals surface area contributed by atoms with Gasteiger partial charge in [-0.2, -0.15) is 0 Å². The topological polar surface area (TPSA) is 38.8 Å². The van der Waals surface area contributed by atoms with E-state index in [9.17, 15) is 13.6 Å². The molecule has 1 atom stereocenters. The number of carbonyl (C=O) groups is 1. The number of benzene rings is 2. The molecular weight excluding hydrogens is 352 g/mol. The van der Waals surface area contributed by atoms with Gasteiger partial charge in [-0.15, -0.1) is 0 Å². The summed E-state index contributed by atoms with van der Waals surface area (Å²) in [6.45, 7) is 2.81. The maximum atomic E-state index is 14.0. The Morgan fingerprint density at radius 1 is 1.19 bits per heavy atom. The molecule has 1 unspecified atom stereocenters. The molecule has 1 saturated heterocycles. The second-order valence-corrected chi connectivity index (χ2v) is 6.95. The van der Waals surface area contributed by atoms with E-state index < -0.39 is 17.6 Å². The quantitative estimate of drug-likeness (QED) is 0.823. The Morgan fingerprint density at radius 3 is 2.56 bits per heavy atom. The van der Waals surface area contributed by atoms with Crippen molar-refractivity contribution in [3.63, 3.8) is 0 Å². The molecule has 0 saturated carbocycles. The molecule has 0 bridgehead atoms. The number of ether oxygens (including phenoxy) is 2. The zero-order valence-corrected chi connectivity index (χ0v) is 15.1. The molecule has 2 aliphatic rings. The predicted molar refractivity (Wildman–Crippen MR) is 97.6 cm³/mol. The summed E-state index contributed by atoms with van der Waals surface area (Å²) in [5.41, 5.74) is 2.41. The molecule has 0 spiro atoms. The largest absolute Gasteiger partial charge is 0.495 e. The number of fused-ring (bicyclic) bond motifs is 1. The highest BCUT2D eigenvalue weighted by molar-refractivity contribution is 6.03. The van der Waals surface area contributed by atoms with E-state index in [0.29, 0.717) is 30.9 Å². The van der Waals surface area contributed by atoms with E-state index >= 15 is 0 Å². The first kappa shape index (κ1) is 17.9. The molecule has 0 N–H and O–H groups in total. The van der Waals surface area contributed by atoms with Crippen LogP contribution >= 0.6 is 0 Å². The molecule has 1 aliphatic carbocycles. The average molecular weight is 373 g/mol. The van der Waals surface area contributed by atoms with Crippen LogP contribution in [-0.4, -0.2) is 39.2 Å². The maximum absolute atomic E-state index is 14.0. The van der Waals surface area contributed by atoms with Crippen LogP contribution in [0, 0.1) is 17.6 Å². The van der Waals surface area contributed by atoms with Crippen LogP contribution in [0.4, 0.5) is 14.5 Å². The number of hydrogen-bond donors (Lipinski definition) is 0. The van der Waals surface area contributed by atoms with Crippen molar-refractivity contribution < 1.29 is 23.0 Å². The fourth-order valence-electron chi connectivity index (χ4n) is 3.94. The first-order chi connectivity index (χ1) is 13.1. The Bertz CT molecular complexity index is 858. The molecule has 2 aromatic rings. The van der Waals surface area contributed by atoms with Gasteiger partial charge >= 0.3 is 0 Å². The van der Waals surface area contributed by atoms with Crippen LogP contribution in [0.15, 0.2) is 30.3 Å². The Kier molecular flexibility index (Phi) is 4.83. The second kappa shape index (κ2) is 7.27. The molecular formula is C21H21F2NO3. The van der Waals surface area contributed by atoms with E-state index in [1.54, 1.807) is 13.2 Å². The number of ketones is 1. The van der Waals surface area contributed by atoms with Crippen molar-refractivity contribution in [1.29, 1.82) is 0 Å². The predicted octanol–water partition coefficient (Wildman–Crippen LogP) is 3.41. The summed E-state index contributed by atoms with van der Waals surface area (Å²) < 4.78 is 38.9. The number of hydrogen-bond acceptors (Lipinski definition) is 4. The molecule has 0 aromatic heterocycles. The van der Waals surface area contributed by atoms with Crippen LogP contribution in [0.3, 0.4) is 0 Å². The number of halogens is 2. The van der Waals surface area contributed by atoms with Gasteiger partial charge in [0.05, 0.1) is 26.0 Å². The first-order valence-electron chi connectivity index (χ1n) is 9.09. The van der Waals surface area contributed by atoms with Gasteiger partial charge < -0.3 is 14.4 Å². The summed E-state index contributed by atoms with van der Waals surface area (Å²) >= 11 is 0. The highest BCUT2D eigenvalue weighted by Gasteiger charge is 2.34. The third-order valence-corrected chi connectivity index (χ3v) is 5.37. The van der Waals surface area contributed by atoms with E-state index in [-0.39, 0.29) is 17.8 Å². The Balaban J connectivity index is 1.63. The van der Waals surface area contributed by atoms with Gasteiger partial charge in [0.25, 0.3) is 0 Å². The Morgan fingerprint density at radius 2 is 1.89 bits per heavy atom. The van der Waals surface area contributed by atoms with E-state index in [2.05, 4.69) is 4.90 Å². The lowest BCUT2D eigenvalue weighted by Gasteiger charge is -2.30. The molecule has 27 heavy (non-hydrogen) atoms. The van der Waals surface area contributed by atoms with Gasteiger partial charge in [-0.1, -0.05) is 6.07 Å². The maximum Gasteiger partial charge on any atom is 0.167 e. The molecule has 0 radical (unpaired) electrons. The molecule has 6 heteroatoms. The smallest absolute Gasteiger partial charge is 0.167 e. The summed E-state index contributed by atoms with van der Waals surface area (Å²) in [7, 11) is 1.58. The van der Waals surface area contributed by atoms with Crippen LogP contribution in [0.25, 0.3) is 0 Å². The van der Waals surface area contributed by atoms with E-state index in [1.165, 1.54) is 18.2 Å². The highest BCUT2D eigenvalue weighted by Crippen LogP contribution is 2.38. The van der Waals surface area contributed by atoms with Crippen molar-refractivity contribution >= 4 is 11.5 Å². The van der Waals surface area contributed by atoms with E-state index in [1.807, 2.05) is 6.07 Å². The number of morpholine rings is 1. The molecule has 1 heterocycles. The number of anilines is 1. The summed E-state index contributed by atoms with van der Waals surface area (Å²) in [5.74, 6) is -1.12. The van der Waals surface area contributed by atoms with Crippen molar-refractivity contribution in [2.24, 2.45) is 5.92 Å². The zero-order valence-electron chi connectivity index (χ0n) is 15.1. The van der Waals surface area contributed by atoms with Crippen molar-refractivity contribution in [1.82, 2.24) is 0 Å². The fourth-order valence-corrected chi connectivity index (χ4v) is 3.94. The van der Waals surface area contributed by atoms with Gasteiger partial charge in [-0.3, -0.25) is 4.79 Å². The van der Waals surface area contributed by atoms with E-state index in [0.717, 1.165) is 24.3 Å². The lowest BCUT2D eigenvalue weighted by atomic mass is 9.95. The summed E-state index contributed by atoms with van der Waals surface area (Å²) in [4.78, 5) is 15.0. The number of methoxy groups -OCH3 is 1. The van der Waals surface area contributed by atoms with Gasteiger partial charge in [-0.25, -0.2) is 8.78 Å². The third kappa shape index (κ3) is 3.30. The fraction of sp³-hybridized carbons (Fsp3) is 0.381. The zero-order chi connectivity index (χ0) is 19.0. The van der Waals surface area contributed by atoms with Crippen molar-refractivity contribution in [3.05, 3.63) is 58.7 Å². The Hall–Kier alpha value is -2.47. The monoisotopic (exact) mass is 373 g/mol. The molecule has 2 aromatic carbocycles. The molecule has 142 valence electrons. The van der Waals surface area contributed by atoms with Crippen molar-refractivity contribution in [3.8, 4) is 5.75 Å². The minimum absolute atomic E-state index is 0.0241. The third-order valence-electron chi connectivity index (χ3n) is 5.37. The highest BCUT2D eigenvalue weighted by atomic mass is 19.1. The molecule has 1 fully saturated rings. The standard InChI is InChI=1S/C21H21F2NO3/c1-26-20-12-15-13(11-19(20)24-5-7-27-8-6-24)9-14(21(15)25)10-16-17(22)3-2-4-18(16)23/h2-4,11-12,14H,5-10H2,1H3. The normalized spacial score (nSPS) is 19.3. The van der Waals surface area contributed by atoms with Crippen LogP contribution in [-0.2, 0) is 17.6 Å². The SMILES string of the molecule is COc1cc2c(cc1N1CCOCC1)CC(Cc1c(F)cccc1F)C2=O. The molecule has 4 nitrogen and oxygen atoms in total. The number of rotatable bonds is 4. The lowest BCUT2D eigenvalue weighted by molar-refractivity contribution is 0.0935. The van der Waals surface area contributed by atoms with Crippen LogP contribution < -0.4 is 9.64 Å². The average Bonchev–Trinajstić information content (AvgIpc) is 2.99. The summed E-state index contributed by atoms with van der Waals surface area (Å²) in [6, 6.07) is 7.53. The van der Waals surface area contributed by atoms with Gasteiger partial charge in [0.2, 0.25) is 0 Å². The number of nitrogens with zero attached hydrogens (tertiary/aromatic N) is 1. The van der Waals surface area contributed by atoms with Crippen LogP contribution in [0.1, 0.15) is 21.5 Å². The van der Waals surface area contributed by atoms with Crippen LogP contribution in [0.2, 0.25) is 0 Å². The molecule has 0 amide bonds. The van der Waals surface area contributed by atoms with Gasteiger partial charge in [-0.05, 0) is 42.7 Å². The second-order valence-electron chi connectivity index (χ2n) is 6.95. The Labute approximate surface area is 156 Å². The number of Topliss-reactive ketones (excluding diaryl/α,β-unsaturated/α-hetero) is 1. The van der Waals surface area contributed by atoms with Gasteiger partial charge in [0, 0.05) is 30.1 Å². The minimum atomic E-state index is -0.606. The first-order valence-corrected chi connectivity index (χ1v) is 9.09. The van der Waals surface area contributed by atoms with Crippen molar-refractivity contribution in [2.45, 2.75) is 12.8 Å². The van der Waals surface area contributed by atoms with Crippen molar-refractivity contribution in [2.75, 3.05) is 38.3 Å². The lowest BCUT2D eigenvalue weighted by Crippen LogP contribution is -2.36. The summed E-state index contributed by atoms with van der Waals surface area (Å²) in [5, 5.41) is 0. The van der Waals surface area contributed by atoms with Crippen LogP contribution in [0.5, 0.6) is 5.75 Å². The molecule has 4 rings (SSSR count). The van der Waals surface area contributed by atoms with Gasteiger partial charge in [0.15, 0.2) is 5.78 Å². The number of carbonyl (C=O) groups excluding carboxylic acids is 1.